The lowest BCUT2D eigenvalue weighted by molar-refractivity contribution is 0.0910. The molecule has 7 heteroatoms. The molecule has 2 heterocycles. The molecule has 6 nitrogen and oxygen atoms in total. The van der Waals surface area contributed by atoms with Crippen molar-refractivity contribution in [2.75, 3.05) is 6.54 Å². The summed E-state index contributed by atoms with van der Waals surface area (Å²) in [7, 11) is 0. The number of carbonyl (C=O) groups excluding carboxylic acids is 1. The minimum Gasteiger partial charge on any atom is -0.387 e. The van der Waals surface area contributed by atoms with Crippen LogP contribution in [0.15, 0.2) is 36.7 Å². The molecule has 0 saturated heterocycles. The first-order chi connectivity index (χ1) is 9.16. The molecule has 1 amide bonds. The number of nitrogens with zero attached hydrogens (tertiary/aromatic N) is 3. The van der Waals surface area contributed by atoms with Crippen LogP contribution in [0.25, 0.3) is 0 Å². The zero-order chi connectivity index (χ0) is 13.7. The molecular formula is C12H11ClN4O2. The van der Waals surface area contributed by atoms with E-state index in [2.05, 4.69) is 20.5 Å². The number of halogens is 1. The van der Waals surface area contributed by atoms with Crippen molar-refractivity contribution in [2.24, 2.45) is 0 Å². The largest absolute Gasteiger partial charge is 0.387 e. The van der Waals surface area contributed by atoms with Crippen molar-refractivity contribution in [3.05, 3.63) is 53.1 Å². The van der Waals surface area contributed by atoms with Crippen LogP contribution in [0.5, 0.6) is 0 Å². The fraction of sp³-hybridized carbons (Fsp3) is 0.167. The van der Waals surface area contributed by atoms with Crippen molar-refractivity contribution in [3.63, 3.8) is 0 Å². The average Bonchev–Trinajstić information content (AvgIpc) is 2.46. The van der Waals surface area contributed by atoms with Crippen LogP contribution in [0.3, 0.4) is 0 Å². The molecule has 0 fully saturated rings. The van der Waals surface area contributed by atoms with Crippen LogP contribution in [-0.2, 0) is 0 Å². The number of rotatable bonds is 4. The van der Waals surface area contributed by atoms with Crippen LogP contribution in [0, 0.1) is 0 Å². The number of nitrogens with one attached hydrogen (secondary N) is 1. The number of hydrogen-bond acceptors (Lipinski definition) is 5. The first-order valence-corrected chi connectivity index (χ1v) is 5.90. The van der Waals surface area contributed by atoms with Gasteiger partial charge in [-0.05, 0) is 18.2 Å². The highest BCUT2D eigenvalue weighted by molar-refractivity contribution is 6.29. The summed E-state index contributed by atoms with van der Waals surface area (Å²) in [5, 5.41) is 19.8. The Morgan fingerprint density at radius 1 is 1.37 bits per heavy atom. The number of pyridine rings is 1. The standard InChI is InChI=1S/C12H11ClN4O2/c13-11-4-3-9(16-17-11)12(19)15-7-10(18)8-2-1-5-14-6-8/h1-6,10,18H,7H2,(H,15,19)/t10-/m1/s1. The fourth-order valence-corrected chi connectivity index (χ4v) is 1.51. The monoisotopic (exact) mass is 278 g/mol. The molecule has 2 aromatic heterocycles. The summed E-state index contributed by atoms with van der Waals surface area (Å²) < 4.78 is 0. The molecule has 0 aliphatic heterocycles. The average molecular weight is 279 g/mol. The third-order valence-corrected chi connectivity index (χ3v) is 2.59. The molecule has 1 atom stereocenters. The SMILES string of the molecule is O=C(NC[C@@H](O)c1cccnc1)c1ccc(Cl)nn1. The van der Waals surface area contributed by atoms with Gasteiger partial charge < -0.3 is 10.4 Å². The lowest BCUT2D eigenvalue weighted by Gasteiger charge is -2.11. The van der Waals surface area contributed by atoms with Gasteiger partial charge in [0, 0.05) is 24.5 Å². The zero-order valence-electron chi connectivity index (χ0n) is 9.82. The maximum Gasteiger partial charge on any atom is 0.271 e. The highest BCUT2D eigenvalue weighted by Crippen LogP contribution is 2.09. The highest BCUT2D eigenvalue weighted by atomic mass is 35.5. The van der Waals surface area contributed by atoms with Crippen LogP contribution >= 0.6 is 11.6 Å². The normalized spacial score (nSPS) is 11.9. The molecule has 0 aliphatic rings. The molecule has 0 aromatic carbocycles. The maximum absolute atomic E-state index is 11.7. The van der Waals surface area contributed by atoms with Gasteiger partial charge in [0.05, 0.1) is 6.10 Å². The van der Waals surface area contributed by atoms with E-state index in [1.54, 1.807) is 24.5 Å². The van der Waals surface area contributed by atoms with Gasteiger partial charge in [-0.15, -0.1) is 10.2 Å². The summed E-state index contributed by atoms with van der Waals surface area (Å²) in [6, 6.07) is 6.37. The minimum absolute atomic E-state index is 0.0643. The van der Waals surface area contributed by atoms with Gasteiger partial charge in [0.2, 0.25) is 0 Å². The molecule has 0 unspecified atom stereocenters. The fourth-order valence-electron chi connectivity index (χ4n) is 1.41. The smallest absolute Gasteiger partial charge is 0.271 e. The van der Waals surface area contributed by atoms with Gasteiger partial charge in [0.1, 0.15) is 0 Å². The minimum atomic E-state index is -0.821. The topological polar surface area (TPSA) is 88.0 Å². The van der Waals surface area contributed by atoms with Crippen LogP contribution in [0.1, 0.15) is 22.2 Å². The van der Waals surface area contributed by atoms with E-state index in [1.165, 1.54) is 12.1 Å². The molecule has 0 spiro atoms. The van der Waals surface area contributed by atoms with Gasteiger partial charge >= 0.3 is 0 Å². The van der Waals surface area contributed by atoms with Crippen molar-refractivity contribution in [1.29, 1.82) is 0 Å². The quantitative estimate of drug-likeness (QED) is 0.871. The summed E-state index contributed by atoms with van der Waals surface area (Å²) in [4.78, 5) is 15.6. The first kappa shape index (κ1) is 13.4. The predicted molar refractivity (Wildman–Crippen MR) is 68.6 cm³/mol. The van der Waals surface area contributed by atoms with E-state index < -0.39 is 12.0 Å². The van der Waals surface area contributed by atoms with Crippen LogP contribution in [0.2, 0.25) is 5.15 Å². The first-order valence-electron chi connectivity index (χ1n) is 5.52. The van der Waals surface area contributed by atoms with Gasteiger partial charge in [-0.25, -0.2) is 0 Å². The number of aliphatic hydroxyl groups excluding tert-OH is 1. The van der Waals surface area contributed by atoms with Gasteiger partial charge in [-0.2, -0.15) is 0 Å². The van der Waals surface area contributed by atoms with E-state index in [1.807, 2.05) is 0 Å². The number of amides is 1. The zero-order valence-corrected chi connectivity index (χ0v) is 10.6. The lowest BCUT2D eigenvalue weighted by atomic mass is 10.1. The second kappa shape index (κ2) is 6.21. The third-order valence-electron chi connectivity index (χ3n) is 2.39. The number of aromatic nitrogens is 3. The van der Waals surface area contributed by atoms with Crippen molar-refractivity contribution < 1.29 is 9.90 Å². The summed E-state index contributed by atoms with van der Waals surface area (Å²) in [5.41, 5.74) is 0.771. The van der Waals surface area contributed by atoms with E-state index >= 15 is 0 Å². The summed E-state index contributed by atoms with van der Waals surface area (Å²) in [6.45, 7) is 0.0643. The molecule has 0 radical (unpaired) electrons. The molecular weight excluding hydrogens is 268 g/mol. The number of carbonyl (C=O) groups is 1. The molecule has 2 aromatic rings. The van der Waals surface area contributed by atoms with E-state index in [4.69, 9.17) is 11.6 Å². The van der Waals surface area contributed by atoms with Crippen molar-refractivity contribution in [1.82, 2.24) is 20.5 Å². The van der Waals surface area contributed by atoms with E-state index in [-0.39, 0.29) is 17.4 Å². The molecule has 0 bridgehead atoms. The Labute approximate surface area is 114 Å². The Balaban J connectivity index is 1.92. The van der Waals surface area contributed by atoms with E-state index in [0.717, 1.165) is 0 Å². The maximum atomic E-state index is 11.7. The van der Waals surface area contributed by atoms with Crippen molar-refractivity contribution in [2.45, 2.75) is 6.10 Å². The summed E-state index contributed by atoms with van der Waals surface area (Å²) in [5.74, 6) is -0.424. The van der Waals surface area contributed by atoms with Crippen LogP contribution in [0.4, 0.5) is 0 Å². The van der Waals surface area contributed by atoms with Crippen molar-refractivity contribution in [3.8, 4) is 0 Å². The van der Waals surface area contributed by atoms with Gasteiger partial charge in [0.15, 0.2) is 10.8 Å². The molecule has 98 valence electrons. The second-order valence-corrected chi connectivity index (χ2v) is 4.14. The van der Waals surface area contributed by atoms with Gasteiger partial charge in [0.25, 0.3) is 5.91 Å². The molecule has 0 saturated carbocycles. The number of hydrogen-bond donors (Lipinski definition) is 2. The summed E-state index contributed by atoms with van der Waals surface area (Å²) >= 11 is 5.57. The Morgan fingerprint density at radius 2 is 2.21 bits per heavy atom. The Hall–Kier alpha value is -2.05. The van der Waals surface area contributed by atoms with E-state index in [9.17, 15) is 9.90 Å². The van der Waals surface area contributed by atoms with Gasteiger partial charge in [-0.3, -0.25) is 9.78 Å². The predicted octanol–water partition coefficient (Wildman–Crippen LogP) is 0.988. The Bertz CT molecular complexity index is 547. The van der Waals surface area contributed by atoms with Crippen LogP contribution < -0.4 is 5.32 Å². The van der Waals surface area contributed by atoms with Crippen molar-refractivity contribution >= 4 is 17.5 Å². The molecule has 0 aliphatic carbocycles. The summed E-state index contributed by atoms with van der Waals surface area (Å²) in [6.07, 6.45) is 2.33. The van der Waals surface area contributed by atoms with Crippen LogP contribution in [-0.4, -0.2) is 32.7 Å². The molecule has 2 N–H and O–H groups in total. The highest BCUT2D eigenvalue weighted by Gasteiger charge is 2.12. The molecule has 2 rings (SSSR count). The molecule has 19 heavy (non-hydrogen) atoms. The third kappa shape index (κ3) is 3.70. The Morgan fingerprint density at radius 3 is 2.84 bits per heavy atom. The Kier molecular flexibility index (Phi) is 4.38. The second-order valence-electron chi connectivity index (χ2n) is 3.75. The van der Waals surface area contributed by atoms with Gasteiger partial charge in [-0.1, -0.05) is 17.7 Å². The lowest BCUT2D eigenvalue weighted by Crippen LogP contribution is -2.29. The number of aliphatic hydroxyl groups is 1. The van der Waals surface area contributed by atoms with E-state index in [0.29, 0.717) is 5.56 Å².